The number of benzene rings is 4. The lowest BCUT2D eigenvalue weighted by Crippen LogP contribution is -2.28. The van der Waals surface area contributed by atoms with Crippen LogP contribution in [0.5, 0.6) is 11.5 Å². The van der Waals surface area contributed by atoms with Crippen LogP contribution in [0.15, 0.2) is 91.0 Å². The van der Waals surface area contributed by atoms with Crippen LogP contribution >= 0.6 is 11.6 Å². The molecule has 1 aliphatic rings. The molecule has 0 unspecified atom stereocenters. The van der Waals surface area contributed by atoms with Crippen molar-refractivity contribution >= 4 is 34.6 Å². The van der Waals surface area contributed by atoms with E-state index in [2.05, 4.69) is 22.3 Å². The molecule has 7 nitrogen and oxygen atoms in total. The summed E-state index contributed by atoms with van der Waals surface area (Å²) in [5.41, 5.74) is 3.94. The second-order valence-electron chi connectivity index (χ2n) is 8.80. The molecule has 0 bridgehead atoms. The number of amides is 1. The molecular weight excluding hydrogens is 490 g/mol. The van der Waals surface area contributed by atoms with E-state index in [9.17, 15) is 14.9 Å². The summed E-state index contributed by atoms with van der Waals surface area (Å²) in [6.07, 6.45) is 1.90. The van der Waals surface area contributed by atoms with Gasteiger partial charge in [0.15, 0.2) is 0 Å². The van der Waals surface area contributed by atoms with Crippen molar-refractivity contribution in [3.8, 4) is 11.5 Å². The topological polar surface area (TPSA) is 84.7 Å². The van der Waals surface area contributed by atoms with Crippen molar-refractivity contribution < 1.29 is 14.5 Å². The largest absolute Gasteiger partial charge is 0.457 e. The van der Waals surface area contributed by atoms with Gasteiger partial charge < -0.3 is 15.0 Å². The predicted molar refractivity (Wildman–Crippen MR) is 145 cm³/mol. The number of hydrogen-bond donors (Lipinski definition) is 1. The Hall–Kier alpha value is -4.36. The van der Waals surface area contributed by atoms with Crippen molar-refractivity contribution in [2.24, 2.45) is 0 Å². The molecule has 0 radical (unpaired) electrons. The number of hydrogen-bond acceptors (Lipinski definition) is 5. The Morgan fingerprint density at radius 2 is 1.73 bits per heavy atom. The molecule has 186 valence electrons. The number of nitro benzene ring substituents is 1. The first kappa shape index (κ1) is 24.3. The molecule has 0 aliphatic carbocycles. The fourth-order valence-corrected chi connectivity index (χ4v) is 4.63. The van der Waals surface area contributed by atoms with E-state index >= 15 is 0 Å². The lowest BCUT2D eigenvalue weighted by Gasteiger charge is -2.32. The first-order valence-electron chi connectivity index (χ1n) is 11.9. The maximum Gasteiger partial charge on any atom is 0.270 e. The quantitative estimate of drug-likeness (QED) is 0.208. The lowest BCUT2D eigenvalue weighted by molar-refractivity contribution is -0.384. The van der Waals surface area contributed by atoms with Gasteiger partial charge in [0.2, 0.25) is 0 Å². The lowest BCUT2D eigenvalue weighted by atomic mass is 10.00. The highest BCUT2D eigenvalue weighted by Gasteiger charge is 2.20. The number of carbonyl (C=O) groups excluding carboxylic acids is 1. The molecule has 0 saturated carbocycles. The molecule has 1 N–H and O–H groups in total. The Bertz CT molecular complexity index is 1440. The summed E-state index contributed by atoms with van der Waals surface area (Å²) in [6, 6.07) is 27.4. The Balaban J connectivity index is 1.27. The fraction of sp³-hybridized carbons (Fsp3) is 0.138. The van der Waals surface area contributed by atoms with Gasteiger partial charge in [-0.05, 0) is 72.5 Å². The summed E-state index contributed by atoms with van der Waals surface area (Å²) in [5, 5.41) is 14.1. The van der Waals surface area contributed by atoms with Gasteiger partial charge in [-0.1, -0.05) is 41.9 Å². The maximum atomic E-state index is 12.8. The third-order valence-corrected chi connectivity index (χ3v) is 6.56. The molecule has 1 heterocycles. The number of fused-ring (bicyclic) bond motifs is 1. The standard InChI is InChI=1S/C29H24ClN3O4/c30-27-14-11-23(33(35)36)18-26(27)29(34)31-22-10-15-28-21(17-22)5-4-16-32(28)19-20-8-12-25(13-9-20)37-24-6-2-1-3-7-24/h1-3,6-15,17-18H,4-5,16,19H2,(H,31,34). The van der Waals surface area contributed by atoms with Crippen molar-refractivity contribution in [2.45, 2.75) is 19.4 Å². The molecule has 8 heteroatoms. The molecule has 0 saturated heterocycles. The van der Waals surface area contributed by atoms with Crippen LogP contribution < -0.4 is 15.0 Å². The molecule has 4 aromatic carbocycles. The summed E-state index contributed by atoms with van der Waals surface area (Å²) < 4.78 is 5.89. The average Bonchev–Trinajstić information content (AvgIpc) is 2.90. The Kier molecular flexibility index (Phi) is 7.05. The third kappa shape index (κ3) is 5.73. The van der Waals surface area contributed by atoms with Gasteiger partial charge in [0.1, 0.15) is 11.5 Å². The number of carbonyl (C=O) groups is 1. The number of nitro groups is 1. The van der Waals surface area contributed by atoms with E-state index in [1.165, 1.54) is 23.8 Å². The van der Waals surface area contributed by atoms with E-state index in [-0.39, 0.29) is 16.3 Å². The Morgan fingerprint density at radius 3 is 2.49 bits per heavy atom. The highest BCUT2D eigenvalue weighted by atomic mass is 35.5. The molecular formula is C29H24ClN3O4. The highest BCUT2D eigenvalue weighted by Crippen LogP contribution is 2.32. The third-order valence-electron chi connectivity index (χ3n) is 6.23. The Labute approximate surface area is 219 Å². The SMILES string of the molecule is O=C(Nc1ccc2c(c1)CCCN2Cc1ccc(Oc2ccccc2)cc1)c1cc([N+](=O)[O-])ccc1Cl. The van der Waals surface area contributed by atoms with Crippen LogP contribution in [0.3, 0.4) is 0 Å². The number of nitrogens with zero attached hydrogens (tertiary/aromatic N) is 2. The fourth-order valence-electron chi connectivity index (χ4n) is 4.42. The van der Waals surface area contributed by atoms with Gasteiger partial charge in [-0.2, -0.15) is 0 Å². The number of anilines is 2. The molecule has 1 amide bonds. The van der Waals surface area contributed by atoms with Gasteiger partial charge in [0, 0.05) is 36.6 Å². The molecule has 37 heavy (non-hydrogen) atoms. The number of ether oxygens (including phenoxy) is 1. The molecule has 0 fully saturated rings. The first-order chi connectivity index (χ1) is 18.0. The zero-order valence-electron chi connectivity index (χ0n) is 19.9. The van der Waals surface area contributed by atoms with Gasteiger partial charge in [-0.25, -0.2) is 0 Å². The van der Waals surface area contributed by atoms with E-state index in [4.69, 9.17) is 16.3 Å². The monoisotopic (exact) mass is 513 g/mol. The average molecular weight is 514 g/mol. The zero-order valence-corrected chi connectivity index (χ0v) is 20.6. The number of para-hydroxylation sites is 1. The van der Waals surface area contributed by atoms with E-state index < -0.39 is 10.8 Å². The maximum absolute atomic E-state index is 12.8. The minimum atomic E-state index is -0.551. The first-order valence-corrected chi connectivity index (χ1v) is 12.3. The van der Waals surface area contributed by atoms with Crippen LogP contribution in [0.4, 0.5) is 17.1 Å². The van der Waals surface area contributed by atoms with Crippen LogP contribution in [0.25, 0.3) is 0 Å². The van der Waals surface area contributed by atoms with Crippen molar-refractivity contribution in [1.82, 2.24) is 0 Å². The summed E-state index contributed by atoms with van der Waals surface area (Å²) in [5.74, 6) is 1.10. The van der Waals surface area contributed by atoms with Crippen LogP contribution in [-0.2, 0) is 13.0 Å². The second kappa shape index (κ2) is 10.7. The number of rotatable bonds is 7. The summed E-state index contributed by atoms with van der Waals surface area (Å²) in [4.78, 5) is 25.6. The van der Waals surface area contributed by atoms with Crippen LogP contribution in [0.2, 0.25) is 5.02 Å². The van der Waals surface area contributed by atoms with Crippen LogP contribution in [0.1, 0.15) is 27.9 Å². The smallest absolute Gasteiger partial charge is 0.270 e. The van der Waals surface area contributed by atoms with E-state index in [0.29, 0.717) is 5.69 Å². The van der Waals surface area contributed by atoms with Gasteiger partial charge in [0.25, 0.3) is 11.6 Å². The molecule has 5 rings (SSSR count). The van der Waals surface area contributed by atoms with Crippen molar-refractivity contribution in [1.29, 1.82) is 0 Å². The number of non-ortho nitro benzene ring substituents is 1. The minimum Gasteiger partial charge on any atom is -0.457 e. The molecule has 0 atom stereocenters. The number of aryl methyl sites for hydroxylation is 1. The summed E-state index contributed by atoms with van der Waals surface area (Å²) in [6.45, 7) is 1.69. The van der Waals surface area contributed by atoms with Gasteiger partial charge in [-0.15, -0.1) is 0 Å². The Morgan fingerprint density at radius 1 is 0.973 bits per heavy atom. The molecule has 4 aromatic rings. The van der Waals surface area contributed by atoms with Crippen LogP contribution in [0, 0.1) is 10.1 Å². The predicted octanol–water partition coefficient (Wildman–Crippen LogP) is 7.25. The normalized spacial score (nSPS) is 12.5. The van der Waals surface area contributed by atoms with Gasteiger partial charge in [-0.3, -0.25) is 14.9 Å². The number of halogens is 1. The minimum absolute atomic E-state index is 0.0647. The van der Waals surface area contributed by atoms with Crippen molar-refractivity contribution in [3.63, 3.8) is 0 Å². The van der Waals surface area contributed by atoms with Gasteiger partial charge >= 0.3 is 0 Å². The van der Waals surface area contributed by atoms with Gasteiger partial charge in [0.05, 0.1) is 15.5 Å². The van der Waals surface area contributed by atoms with Crippen molar-refractivity contribution in [3.05, 3.63) is 123 Å². The van der Waals surface area contributed by atoms with Crippen LogP contribution in [-0.4, -0.2) is 17.4 Å². The van der Waals surface area contributed by atoms with E-state index in [0.717, 1.165) is 48.7 Å². The molecule has 1 aliphatic heterocycles. The number of nitrogens with one attached hydrogen (secondary N) is 1. The summed E-state index contributed by atoms with van der Waals surface area (Å²) >= 11 is 6.13. The molecule has 0 spiro atoms. The van der Waals surface area contributed by atoms with E-state index in [1.807, 2.05) is 60.7 Å². The van der Waals surface area contributed by atoms with Crippen molar-refractivity contribution in [2.75, 3.05) is 16.8 Å². The van der Waals surface area contributed by atoms with E-state index in [1.54, 1.807) is 0 Å². The molecule has 0 aromatic heterocycles. The second-order valence-corrected chi connectivity index (χ2v) is 9.21. The summed E-state index contributed by atoms with van der Waals surface area (Å²) in [7, 11) is 0. The highest BCUT2D eigenvalue weighted by molar-refractivity contribution is 6.34. The zero-order chi connectivity index (χ0) is 25.8.